The van der Waals surface area contributed by atoms with E-state index < -0.39 is 0 Å². The molecule has 30 heavy (non-hydrogen) atoms. The van der Waals surface area contributed by atoms with Crippen molar-refractivity contribution in [3.8, 4) is 6.07 Å². The predicted molar refractivity (Wildman–Crippen MR) is 119 cm³/mol. The van der Waals surface area contributed by atoms with Gasteiger partial charge in [0.1, 0.15) is 5.82 Å². The molecule has 1 fully saturated rings. The van der Waals surface area contributed by atoms with Gasteiger partial charge < -0.3 is 15.5 Å². The molecule has 150 valence electrons. The van der Waals surface area contributed by atoms with E-state index >= 15 is 0 Å². The fourth-order valence-electron chi connectivity index (χ4n) is 3.57. The molecule has 0 unspecified atom stereocenters. The van der Waals surface area contributed by atoms with Crippen molar-refractivity contribution in [2.75, 3.05) is 28.6 Å². The van der Waals surface area contributed by atoms with Crippen molar-refractivity contribution in [3.05, 3.63) is 78.0 Å². The van der Waals surface area contributed by atoms with Gasteiger partial charge in [0, 0.05) is 41.9 Å². The van der Waals surface area contributed by atoms with Crippen LogP contribution in [0.2, 0.25) is 0 Å². The summed E-state index contributed by atoms with van der Waals surface area (Å²) < 4.78 is 0. The van der Waals surface area contributed by atoms with Gasteiger partial charge in [-0.1, -0.05) is 6.07 Å². The lowest BCUT2D eigenvalue weighted by atomic mass is 10.1. The second-order valence-electron chi connectivity index (χ2n) is 7.30. The molecule has 0 radical (unpaired) electrons. The van der Waals surface area contributed by atoms with E-state index in [1.807, 2.05) is 12.1 Å². The molecule has 1 aliphatic rings. The summed E-state index contributed by atoms with van der Waals surface area (Å²) in [6.07, 6.45) is 5.42. The zero-order chi connectivity index (χ0) is 20.8. The Morgan fingerprint density at radius 3 is 2.53 bits per heavy atom. The van der Waals surface area contributed by atoms with Crippen LogP contribution in [0.25, 0.3) is 0 Å². The highest BCUT2D eigenvalue weighted by Crippen LogP contribution is 2.23. The molecule has 2 aromatic carbocycles. The number of hydrogen-bond donors (Lipinski definition) is 2. The van der Waals surface area contributed by atoms with Crippen LogP contribution in [0.4, 0.5) is 22.9 Å². The summed E-state index contributed by atoms with van der Waals surface area (Å²) >= 11 is 0. The molecule has 6 nitrogen and oxygen atoms in total. The highest BCUT2D eigenvalue weighted by atomic mass is 16.1. The molecule has 0 spiro atoms. The molecule has 3 aromatic rings. The second kappa shape index (κ2) is 9.10. The number of nitriles is 1. The van der Waals surface area contributed by atoms with Gasteiger partial charge in [-0.15, -0.1) is 0 Å². The van der Waals surface area contributed by atoms with Gasteiger partial charge in [0.05, 0.1) is 11.6 Å². The van der Waals surface area contributed by atoms with Crippen molar-refractivity contribution < 1.29 is 4.79 Å². The third-order valence-corrected chi connectivity index (χ3v) is 5.13. The zero-order valence-corrected chi connectivity index (χ0v) is 16.6. The fraction of sp³-hybridized carbons (Fsp3) is 0.208. The van der Waals surface area contributed by atoms with Crippen molar-refractivity contribution in [1.29, 1.82) is 5.26 Å². The van der Waals surface area contributed by atoms with E-state index in [2.05, 4.69) is 38.7 Å². The van der Waals surface area contributed by atoms with E-state index in [1.54, 1.807) is 42.6 Å². The summed E-state index contributed by atoms with van der Waals surface area (Å²) in [5, 5.41) is 15.1. The van der Waals surface area contributed by atoms with Gasteiger partial charge in [0.15, 0.2) is 0 Å². The Morgan fingerprint density at radius 2 is 1.77 bits per heavy atom. The maximum Gasteiger partial charge on any atom is 0.255 e. The molecule has 0 saturated carbocycles. The highest BCUT2D eigenvalue weighted by Gasteiger charge is 2.11. The minimum atomic E-state index is -0.254. The predicted octanol–water partition coefficient (Wildman–Crippen LogP) is 4.94. The van der Waals surface area contributed by atoms with Gasteiger partial charge in [0.25, 0.3) is 5.91 Å². The van der Waals surface area contributed by atoms with Crippen LogP contribution in [0, 0.1) is 11.3 Å². The van der Waals surface area contributed by atoms with Crippen molar-refractivity contribution in [2.45, 2.75) is 19.3 Å². The summed E-state index contributed by atoms with van der Waals surface area (Å²) in [5.41, 5.74) is 3.72. The van der Waals surface area contributed by atoms with Gasteiger partial charge in [-0.3, -0.25) is 4.79 Å². The lowest BCUT2D eigenvalue weighted by Gasteiger charge is -2.28. The van der Waals surface area contributed by atoms with Crippen LogP contribution >= 0.6 is 0 Å². The number of carbonyl (C=O) groups is 1. The Hall–Kier alpha value is -3.85. The lowest BCUT2D eigenvalue weighted by molar-refractivity contribution is 0.102. The van der Waals surface area contributed by atoms with E-state index in [9.17, 15) is 4.79 Å². The molecule has 4 rings (SSSR count). The Balaban J connectivity index is 1.42. The van der Waals surface area contributed by atoms with Crippen LogP contribution in [0.3, 0.4) is 0 Å². The number of aromatic nitrogens is 1. The van der Waals surface area contributed by atoms with Crippen molar-refractivity contribution in [2.24, 2.45) is 0 Å². The minimum Gasteiger partial charge on any atom is -0.372 e. The smallest absolute Gasteiger partial charge is 0.255 e. The molecule has 0 aliphatic carbocycles. The lowest BCUT2D eigenvalue weighted by Crippen LogP contribution is -2.29. The van der Waals surface area contributed by atoms with Gasteiger partial charge in [0.2, 0.25) is 0 Å². The standard InChI is InChI=1S/C24H23N5O/c25-17-18-5-4-6-21(15-18)28-24(30)19-11-12-26-23(16-19)27-20-7-9-22(10-8-20)29-13-2-1-3-14-29/h4-12,15-16H,1-3,13-14H2,(H,26,27)(H,28,30). The topological polar surface area (TPSA) is 81.0 Å². The molecule has 1 amide bonds. The molecule has 1 saturated heterocycles. The summed E-state index contributed by atoms with van der Waals surface area (Å²) in [5.74, 6) is 0.343. The fourth-order valence-corrected chi connectivity index (χ4v) is 3.57. The third-order valence-electron chi connectivity index (χ3n) is 5.13. The van der Waals surface area contributed by atoms with E-state index in [1.165, 1.54) is 24.9 Å². The largest absolute Gasteiger partial charge is 0.372 e. The number of benzene rings is 2. The first-order chi connectivity index (χ1) is 14.7. The number of nitrogens with zero attached hydrogens (tertiary/aromatic N) is 3. The molecular weight excluding hydrogens is 374 g/mol. The normalized spacial score (nSPS) is 13.4. The summed E-state index contributed by atoms with van der Waals surface area (Å²) in [6, 6.07) is 20.6. The number of piperidine rings is 1. The Labute approximate surface area is 176 Å². The number of hydrogen-bond acceptors (Lipinski definition) is 5. The molecule has 0 bridgehead atoms. The maximum absolute atomic E-state index is 12.6. The Kier molecular flexibility index (Phi) is 5.90. The average molecular weight is 397 g/mol. The van der Waals surface area contributed by atoms with Crippen LogP contribution in [-0.2, 0) is 0 Å². The number of rotatable bonds is 5. The van der Waals surface area contributed by atoms with Crippen molar-refractivity contribution >= 4 is 28.8 Å². The molecule has 0 atom stereocenters. The number of pyridine rings is 1. The van der Waals surface area contributed by atoms with E-state index in [0.29, 0.717) is 22.6 Å². The van der Waals surface area contributed by atoms with Crippen molar-refractivity contribution in [3.63, 3.8) is 0 Å². The quantitative estimate of drug-likeness (QED) is 0.637. The first-order valence-electron chi connectivity index (χ1n) is 10.1. The van der Waals surface area contributed by atoms with E-state index in [4.69, 9.17) is 5.26 Å². The van der Waals surface area contributed by atoms with Crippen molar-refractivity contribution in [1.82, 2.24) is 4.98 Å². The third kappa shape index (κ3) is 4.76. The maximum atomic E-state index is 12.6. The molecule has 1 aliphatic heterocycles. The number of amides is 1. The SMILES string of the molecule is N#Cc1cccc(NC(=O)c2ccnc(Nc3ccc(N4CCCCC4)cc3)c2)c1. The molecule has 2 heterocycles. The first-order valence-corrected chi connectivity index (χ1v) is 10.1. The van der Waals surface area contributed by atoms with Crippen LogP contribution in [0.15, 0.2) is 66.9 Å². The monoisotopic (exact) mass is 397 g/mol. The van der Waals surface area contributed by atoms with E-state index in [-0.39, 0.29) is 5.91 Å². The highest BCUT2D eigenvalue weighted by molar-refractivity contribution is 6.04. The first kappa shape index (κ1) is 19.5. The van der Waals surface area contributed by atoms with Crippen LogP contribution < -0.4 is 15.5 Å². The number of anilines is 4. The summed E-state index contributed by atoms with van der Waals surface area (Å²) in [4.78, 5) is 19.3. The molecule has 1 aromatic heterocycles. The molecule has 6 heteroatoms. The second-order valence-corrected chi connectivity index (χ2v) is 7.30. The summed E-state index contributed by atoms with van der Waals surface area (Å²) in [7, 11) is 0. The summed E-state index contributed by atoms with van der Waals surface area (Å²) in [6.45, 7) is 2.23. The van der Waals surface area contributed by atoms with Gasteiger partial charge >= 0.3 is 0 Å². The zero-order valence-electron chi connectivity index (χ0n) is 16.6. The van der Waals surface area contributed by atoms with Gasteiger partial charge in [-0.25, -0.2) is 4.98 Å². The minimum absolute atomic E-state index is 0.254. The molecular formula is C24H23N5O. The van der Waals surface area contributed by atoms with Gasteiger partial charge in [-0.05, 0) is 73.9 Å². The average Bonchev–Trinajstić information content (AvgIpc) is 2.80. The molecule has 2 N–H and O–H groups in total. The number of carbonyl (C=O) groups excluding carboxylic acids is 1. The number of nitrogens with one attached hydrogen (secondary N) is 2. The van der Waals surface area contributed by atoms with E-state index in [0.717, 1.165) is 18.8 Å². The van der Waals surface area contributed by atoms with Crippen LogP contribution in [0.1, 0.15) is 35.2 Å². The van der Waals surface area contributed by atoms with Gasteiger partial charge in [-0.2, -0.15) is 5.26 Å². The van der Waals surface area contributed by atoms with Crippen LogP contribution in [0.5, 0.6) is 0 Å². The van der Waals surface area contributed by atoms with Crippen LogP contribution in [-0.4, -0.2) is 24.0 Å². The Bertz CT molecular complexity index is 1070. The Morgan fingerprint density at radius 1 is 0.967 bits per heavy atom.